The predicted molar refractivity (Wildman–Crippen MR) is 89.4 cm³/mol. The zero-order valence-electron chi connectivity index (χ0n) is 14.2. The van der Waals surface area contributed by atoms with Crippen LogP contribution in [0.2, 0.25) is 0 Å². The number of aromatic nitrogens is 2. The quantitative estimate of drug-likeness (QED) is 0.865. The molecule has 1 heterocycles. The van der Waals surface area contributed by atoms with Gasteiger partial charge in [0.25, 0.3) is 0 Å². The van der Waals surface area contributed by atoms with E-state index >= 15 is 0 Å². The SMILES string of the molecule is O=C(NC1(c2cccc(C(F)(F)F)c2)CCC1)C1CCCc2[nH]ncc21. The van der Waals surface area contributed by atoms with Crippen molar-refractivity contribution in [1.82, 2.24) is 15.5 Å². The van der Waals surface area contributed by atoms with Crippen LogP contribution < -0.4 is 5.32 Å². The smallest absolute Gasteiger partial charge is 0.346 e. The molecule has 4 rings (SSSR count). The van der Waals surface area contributed by atoms with E-state index in [4.69, 9.17) is 0 Å². The number of amides is 1. The van der Waals surface area contributed by atoms with E-state index in [-0.39, 0.29) is 11.8 Å². The van der Waals surface area contributed by atoms with Crippen molar-refractivity contribution in [3.8, 4) is 0 Å². The number of carbonyl (C=O) groups is 1. The molecule has 0 aliphatic heterocycles. The van der Waals surface area contributed by atoms with Crippen LogP contribution in [0.4, 0.5) is 13.2 Å². The first kappa shape index (κ1) is 17.1. The van der Waals surface area contributed by atoms with E-state index in [0.717, 1.165) is 43.0 Å². The fourth-order valence-electron chi connectivity index (χ4n) is 4.07. The summed E-state index contributed by atoms with van der Waals surface area (Å²) >= 11 is 0. The summed E-state index contributed by atoms with van der Waals surface area (Å²) in [5.74, 6) is -0.412. The van der Waals surface area contributed by atoms with Gasteiger partial charge >= 0.3 is 6.18 Å². The van der Waals surface area contributed by atoms with Crippen LogP contribution in [0, 0.1) is 0 Å². The highest BCUT2D eigenvalue weighted by atomic mass is 19.4. The number of benzene rings is 1. The van der Waals surface area contributed by atoms with E-state index < -0.39 is 17.3 Å². The number of nitrogens with zero attached hydrogens (tertiary/aromatic N) is 1. The van der Waals surface area contributed by atoms with Crippen LogP contribution >= 0.6 is 0 Å². The van der Waals surface area contributed by atoms with Gasteiger partial charge in [-0.25, -0.2) is 0 Å². The molecular weight excluding hydrogens is 343 g/mol. The summed E-state index contributed by atoms with van der Waals surface area (Å²) in [6.07, 6.45) is 2.00. The topological polar surface area (TPSA) is 57.8 Å². The van der Waals surface area contributed by atoms with E-state index in [1.165, 1.54) is 12.1 Å². The average molecular weight is 363 g/mol. The summed E-state index contributed by atoms with van der Waals surface area (Å²) in [6.45, 7) is 0. The lowest BCUT2D eigenvalue weighted by atomic mass is 9.71. The number of halogens is 3. The lowest BCUT2D eigenvalue weighted by Crippen LogP contribution is -2.52. The first-order valence-corrected chi connectivity index (χ1v) is 8.91. The molecule has 1 unspecified atom stereocenters. The first-order chi connectivity index (χ1) is 12.4. The third kappa shape index (κ3) is 2.89. The maximum Gasteiger partial charge on any atom is 0.416 e. The van der Waals surface area contributed by atoms with Gasteiger partial charge in [-0.3, -0.25) is 9.89 Å². The zero-order valence-corrected chi connectivity index (χ0v) is 14.2. The van der Waals surface area contributed by atoms with Gasteiger partial charge in [0, 0.05) is 11.3 Å². The lowest BCUT2D eigenvalue weighted by molar-refractivity contribution is -0.137. The second kappa shape index (κ2) is 6.14. The number of H-pyrrole nitrogens is 1. The molecule has 2 aliphatic carbocycles. The van der Waals surface area contributed by atoms with E-state index in [1.807, 2.05) is 0 Å². The van der Waals surface area contributed by atoms with Crippen molar-refractivity contribution in [2.24, 2.45) is 0 Å². The fraction of sp³-hybridized carbons (Fsp3) is 0.474. The summed E-state index contributed by atoms with van der Waals surface area (Å²) in [4.78, 5) is 12.9. The van der Waals surface area contributed by atoms with Crippen LogP contribution in [0.3, 0.4) is 0 Å². The van der Waals surface area contributed by atoms with Gasteiger partial charge in [-0.1, -0.05) is 12.1 Å². The summed E-state index contributed by atoms with van der Waals surface area (Å²) < 4.78 is 39.2. The molecule has 1 fully saturated rings. The van der Waals surface area contributed by atoms with E-state index in [0.29, 0.717) is 18.4 Å². The van der Waals surface area contributed by atoms with Crippen molar-refractivity contribution >= 4 is 5.91 Å². The molecule has 7 heteroatoms. The molecule has 2 N–H and O–H groups in total. The molecule has 1 amide bonds. The minimum absolute atomic E-state index is 0.121. The monoisotopic (exact) mass is 363 g/mol. The van der Waals surface area contributed by atoms with Crippen molar-refractivity contribution in [1.29, 1.82) is 0 Å². The summed E-state index contributed by atoms with van der Waals surface area (Å²) in [5, 5.41) is 10.0. The molecule has 1 aromatic heterocycles. The number of rotatable bonds is 3. The number of fused-ring (bicyclic) bond motifs is 1. The number of hydrogen-bond acceptors (Lipinski definition) is 2. The van der Waals surface area contributed by atoms with Gasteiger partial charge < -0.3 is 5.32 Å². The van der Waals surface area contributed by atoms with Crippen LogP contribution in [0.5, 0.6) is 0 Å². The van der Waals surface area contributed by atoms with Gasteiger partial charge in [0.2, 0.25) is 5.91 Å². The molecule has 2 aromatic rings. The van der Waals surface area contributed by atoms with Crippen LogP contribution in [0.1, 0.15) is 60.4 Å². The molecule has 0 saturated heterocycles. The molecule has 0 bridgehead atoms. The predicted octanol–water partition coefficient (Wildman–Crippen LogP) is 4.04. The molecule has 4 nitrogen and oxygen atoms in total. The Morgan fingerprint density at radius 2 is 2.08 bits per heavy atom. The molecule has 26 heavy (non-hydrogen) atoms. The Hall–Kier alpha value is -2.31. The zero-order chi connectivity index (χ0) is 18.4. The van der Waals surface area contributed by atoms with Crippen LogP contribution in [-0.4, -0.2) is 16.1 Å². The van der Waals surface area contributed by atoms with Gasteiger partial charge in [0.15, 0.2) is 0 Å². The van der Waals surface area contributed by atoms with Crippen LogP contribution in [0.15, 0.2) is 30.5 Å². The number of carbonyl (C=O) groups excluding carboxylic acids is 1. The number of alkyl halides is 3. The average Bonchev–Trinajstić information content (AvgIpc) is 3.06. The first-order valence-electron chi connectivity index (χ1n) is 8.91. The Morgan fingerprint density at radius 1 is 1.27 bits per heavy atom. The standard InChI is InChI=1S/C19H20F3N3O/c20-19(21,22)13-5-1-4-12(10-13)18(8-3-9-18)24-17(26)14-6-2-7-16-15(14)11-23-25-16/h1,4-5,10-11,14H,2-3,6-9H2,(H,23,25)(H,24,26). The number of hydrogen-bond donors (Lipinski definition) is 2. The fourth-order valence-corrected chi connectivity index (χ4v) is 4.07. The second-order valence-electron chi connectivity index (χ2n) is 7.25. The normalized spacial score (nSPS) is 21.6. The maximum absolute atomic E-state index is 13.1. The van der Waals surface area contributed by atoms with Crippen molar-refractivity contribution in [3.05, 3.63) is 52.8 Å². The Labute approximate surface area is 149 Å². The Kier molecular flexibility index (Phi) is 4.04. The second-order valence-corrected chi connectivity index (χ2v) is 7.25. The Balaban J connectivity index is 1.60. The Morgan fingerprint density at radius 3 is 2.77 bits per heavy atom. The van der Waals surface area contributed by atoms with E-state index in [9.17, 15) is 18.0 Å². The van der Waals surface area contributed by atoms with Crippen molar-refractivity contribution in [2.75, 3.05) is 0 Å². The molecule has 0 spiro atoms. The third-order valence-electron chi connectivity index (χ3n) is 5.68. The van der Waals surface area contributed by atoms with Gasteiger partial charge in [-0.15, -0.1) is 0 Å². The molecule has 1 atom stereocenters. The van der Waals surface area contributed by atoms with E-state index in [1.54, 1.807) is 12.3 Å². The number of aromatic amines is 1. The number of aryl methyl sites for hydroxylation is 1. The summed E-state index contributed by atoms with van der Waals surface area (Å²) in [7, 11) is 0. The Bertz CT molecular complexity index is 823. The largest absolute Gasteiger partial charge is 0.416 e. The highest BCUT2D eigenvalue weighted by molar-refractivity contribution is 5.85. The van der Waals surface area contributed by atoms with Gasteiger partial charge in [0.05, 0.1) is 23.2 Å². The highest BCUT2D eigenvalue weighted by Crippen LogP contribution is 2.44. The molecule has 1 saturated carbocycles. The van der Waals surface area contributed by atoms with Crippen LogP contribution in [0.25, 0.3) is 0 Å². The van der Waals surface area contributed by atoms with Gasteiger partial charge in [0.1, 0.15) is 0 Å². The van der Waals surface area contributed by atoms with E-state index in [2.05, 4.69) is 15.5 Å². The third-order valence-corrected chi connectivity index (χ3v) is 5.68. The van der Waals surface area contributed by atoms with Gasteiger partial charge in [-0.05, 0) is 56.2 Å². The minimum Gasteiger partial charge on any atom is -0.346 e. The van der Waals surface area contributed by atoms with Crippen LogP contribution in [-0.2, 0) is 22.9 Å². The minimum atomic E-state index is -4.39. The maximum atomic E-state index is 13.1. The number of nitrogens with one attached hydrogen (secondary N) is 2. The summed E-state index contributed by atoms with van der Waals surface area (Å²) in [6, 6.07) is 5.33. The van der Waals surface area contributed by atoms with Crippen molar-refractivity contribution < 1.29 is 18.0 Å². The van der Waals surface area contributed by atoms with Crippen molar-refractivity contribution in [2.45, 2.75) is 56.2 Å². The highest BCUT2D eigenvalue weighted by Gasteiger charge is 2.43. The molecule has 0 radical (unpaired) electrons. The van der Waals surface area contributed by atoms with Gasteiger partial charge in [-0.2, -0.15) is 18.3 Å². The molecular formula is C19H20F3N3O. The lowest BCUT2D eigenvalue weighted by Gasteiger charge is -2.44. The summed E-state index contributed by atoms with van der Waals surface area (Å²) in [5.41, 5.74) is 1.06. The molecule has 1 aromatic carbocycles. The molecule has 2 aliphatic rings. The van der Waals surface area contributed by atoms with Crippen molar-refractivity contribution in [3.63, 3.8) is 0 Å². The molecule has 138 valence electrons.